The van der Waals surface area contributed by atoms with Crippen molar-refractivity contribution in [2.45, 2.75) is 38.3 Å². The standard InChI is InChI=1S/C21H22N2O3/c1-14(26-19-11-10-15(13-22)12-20(19)25-2)21(24)23-18-9-5-7-16-6-3-4-8-17(16)18/h3-4,6,8,10-12,14,18H,5,7,9H2,1-2H3,(H,23,24)/t14-,18+/m1/s1. The minimum atomic E-state index is -0.675. The van der Waals surface area contributed by atoms with Gasteiger partial charge in [0, 0.05) is 6.07 Å². The number of ether oxygens (including phenoxy) is 2. The lowest BCUT2D eigenvalue weighted by atomic mass is 9.87. The van der Waals surface area contributed by atoms with Gasteiger partial charge in [-0.2, -0.15) is 5.26 Å². The molecule has 2 aromatic rings. The Bertz CT molecular complexity index is 841. The van der Waals surface area contributed by atoms with Crippen LogP contribution in [0.2, 0.25) is 0 Å². The predicted molar refractivity (Wildman–Crippen MR) is 98.1 cm³/mol. The molecule has 134 valence electrons. The van der Waals surface area contributed by atoms with Crippen LogP contribution in [0.3, 0.4) is 0 Å². The summed E-state index contributed by atoms with van der Waals surface area (Å²) in [6.45, 7) is 1.71. The summed E-state index contributed by atoms with van der Waals surface area (Å²) >= 11 is 0. The highest BCUT2D eigenvalue weighted by Gasteiger charge is 2.25. The van der Waals surface area contributed by atoms with Crippen LogP contribution >= 0.6 is 0 Å². The number of methoxy groups -OCH3 is 1. The molecule has 2 aromatic carbocycles. The Balaban J connectivity index is 1.69. The third kappa shape index (κ3) is 3.80. The number of nitriles is 1. The number of amides is 1. The second-order valence-electron chi connectivity index (χ2n) is 6.39. The van der Waals surface area contributed by atoms with Crippen molar-refractivity contribution in [1.82, 2.24) is 5.32 Å². The summed E-state index contributed by atoms with van der Waals surface area (Å²) in [5.41, 5.74) is 2.96. The highest BCUT2D eigenvalue weighted by atomic mass is 16.5. The summed E-state index contributed by atoms with van der Waals surface area (Å²) < 4.78 is 11.0. The Kier molecular flexibility index (Phi) is 5.43. The third-order valence-corrected chi connectivity index (χ3v) is 4.65. The van der Waals surface area contributed by atoms with E-state index in [0.29, 0.717) is 17.1 Å². The quantitative estimate of drug-likeness (QED) is 0.895. The number of hydrogen-bond acceptors (Lipinski definition) is 4. The lowest BCUT2D eigenvalue weighted by Crippen LogP contribution is -2.39. The minimum Gasteiger partial charge on any atom is -0.493 e. The Hall–Kier alpha value is -3.00. The lowest BCUT2D eigenvalue weighted by molar-refractivity contribution is -0.128. The van der Waals surface area contributed by atoms with Gasteiger partial charge in [-0.25, -0.2) is 0 Å². The number of fused-ring (bicyclic) bond motifs is 1. The number of benzene rings is 2. The highest BCUT2D eigenvalue weighted by Crippen LogP contribution is 2.31. The Morgan fingerprint density at radius 1 is 1.27 bits per heavy atom. The van der Waals surface area contributed by atoms with Crippen LogP contribution in [0, 0.1) is 11.3 Å². The molecular weight excluding hydrogens is 328 g/mol. The molecule has 0 radical (unpaired) electrons. The molecule has 0 unspecified atom stereocenters. The normalized spacial score (nSPS) is 16.7. The zero-order chi connectivity index (χ0) is 18.5. The van der Waals surface area contributed by atoms with Crippen LogP contribution in [0.15, 0.2) is 42.5 Å². The van der Waals surface area contributed by atoms with Gasteiger partial charge >= 0.3 is 0 Å². The van der Waals surface area contributed by atoms with Crippen LogP contribution in [0.1, 0.15) is 42.5 Å². The van der Waals surface area contributed by atoms with Gasteiger partial charge in [0.2, 0.25) is 0 Å². The monoisotopic (exact) mass is 350 g/mol. The fourth-order valence-electron chi connectivity index (χ4n) is 3.27. The number of carbonyl (C=O) groups is 1. The molecule has 3 rings (SSSR count). The first-order chi connectivity index (χ1) is 12.6. The third-order valence-electron chi connectivity index (χ3n) is 4.65. The second kappa shape index (κ2) is 7.92. The molecule has 1 aliphatic rings. The summed E-state index contributed by atoms with van der Waals surface area (Å²) in [4.78, 5) is 12.6. The molecule has 1 N–H and O–H groups in total. The van der Waals surface area contributed by atoms with Gasteiger partial charge in [-0.05, 0) is 49.4 Å². The summed E-state index contributed by atoms with van der Waals surface area (Å²) in [7, 11) is 1.51. The van der Waals surface area contributed by atoms with E-state index in [1.165, 1.54) is 18.2 Å². The number of nitrogens with zero attached hydrogens (tertiary/aromatic N) is 1. The maximum Gasteiger partial charge on any atom is 0.261 e. The summed E-state index contributed by atoms with van der Waals surface area (Å²) in [6, 6.07) is 15.2. The van der Waals surface area contributed by atoms with Gasteiger partial charge in [0.15, 0.2) is 17.6 Å². The van der Waals surface area contributed by atoms with E-state index in [0.717, 1.165) is 19.3 Å². The van der Waals surface area contributed by atoms with Gasteiger partial charge in [-0.15, -0.1) is 0 Å². The Morgan fingerprint density at radius 3 is 2.85 bits per heavy atom. The second-order valence-corrected chi connectivity index (χ2v) is 6.39. The molecule has 5 nitrogen and oxygen atoms in total. The van der Waals surface area contributed by atoms with Crippen LogP contribution in [0.25, 0.3) is 0 Å². The van der Waals surface area contributed by atoms with E-state index in [9.17, 15) is 4.79 Å². The minimum absolute atomic E-state index is 0.0151. The van der Waals surface area contributed by atoms with Gasteiger partial charge < -0.3 is 14.8 Å². The van der Waals surface area contributed by atoms with Crippen molar-refractivity contribution >= 4 is 5.91 Å². The van der Waals surface area contributed by atoms with Crippen molar-refractivity contribution in [1.29, 1.82) is 5.26 Å². The molecule has 0 saturated heterocycles. The summed E-state index contributed by atoms with van der Waals surface area (Å²) in [6.07, 6.45) is 2.36. The predicted octanol–water partition coefficient (Wildman–Crippen LogP) is 3.53. The molecule has 0 bridgehead atoms. The molecule has 0 spiro atoms. The molecule has 5 heteroatoms. The Labute approximate surface area is 153 Å². The number of aryl methyl sites for hydroxylation is 1. The summed E-state index contributed by atoms with van der Waals surface area (Å²) in [5, 5.41) is 12.1. The topological polar surface area (TPSA) is 71.3 Å². The number of carbonyl (C=O) groups excluding carboxylic acids is 1. The maximum absolute atomic E-state index is 12.6. The average Bonchev–Trinajstić information content (AvgIpc) is 2.68. The first-order valence-electron chi connectivity index (χ1n) is 8.75. The number of nitrogens with one attached hydrogen (secondary N) is 1. The van der Waals surface area contributed by atoms with Gasteiger partial charge in [-0.3, -0.25) is 4.79 Å². The maximum atomic E-state index is 12.6. The van der Waals surface area contributed by atoms with Gasteiger partial charge in [0.25, 0.3) is 5.91 Å². The van der Waals surface area contributed by atoms with Crippen LogP contribution < -0.4 is 14.8 Å². The highest BCUT2D eigenvalue weighted by molar-refractivity contribution is 5.81. The molecule has 1 amide bonds. The first-order valence-corrected chi connectivity index (χ1v) is 8.75. The molecule has 26 heavy (non-hydrogen) atoms. The van der Waals surface area contributed by atoms with E-state index in [1.807, 2.05) is 12.1 Å². The molecule has 2 atom stereocenters. The van der Waals surface area contributed by atoms with E-state index in [-0.39, 0.29) is 11.9 Å². The van der Waals surface area contributed by atoms with E-state index in [2.05, 4.69) is 23.5 Å². The van der Waals surface area contributed by atoms with Crippen molar-refractivity contribution in [3.05, 3.63) is 59.2 Å². The van der Waals surface area contributed by atoms with Gasteiger partial charge in [0.05, 0.1) is 24.8 Å². The van der Waals surface area contributed by atoms with Crippen molar-refractivity contribution in [3.63, 3.8) is 0 Å². The molecule has 0 heterocycles. The number of hydrogen-bond donors (Lipinski definition) is 1. The van der Waals surface area contributed by atoms with Crippen molar-refractivity contribution in [3.8, 4) is 17.6 Å². The van der Waals surface area contributed by atoms with Crippen LogP contribution in [-0.2, 0) is 11.2 Å². The van der Waals surface area contributed by atoms with Crippen LogP contribution in [0.5, 0.6) is 11.5 Å². The van der Waals surface area contributed by atoms with Crippen molar-refractivity contribution in [2.24, 2.45) is 0 Å². The SMILES string of the molecule is COc1cc(C#N)ccc1O[C@H](C)C(=O)N[C@H]1CCCc2ccccc21. The smallest absolute Gasteiger partial charge is 0.261 e. The van der Waals surface area contributed by atoms with Crippen molar-refractivity contribution in [2.75, 3.05) is 7.11 Å². The van der Waals surface area contributed by atoms with E-state index in [1.54, 1.807) is 25.1 Å². The lowest BCUT2D eigenvalue weighted by Gasteiger charge is -2.27. The fourth-order valence-corrected chi connectivity index (χ4v) is 3.27. The molecular formula is C21H22N2O3. The zero-order valence-electron chi connectivity index (χ0n) is 15.0. The van der Waals surface area contributed by atoms with Gasteiger partial charge in [-0.1, -0.05) is 24.3 Å². The molecule has 0 aromatic heterocycles. The number of rotatable bonds is 5. The molecule has 0 fully saturated rings. The van der Waals surface area contributed by atoms with Crippen molar-refractivity contribution < 1.29 is 14.3 Å². The largest absolute Gasteiger partial charge is 0.493 e. The first kappa shape index (κ1) is 17.8. The molecule has 0 aliphatic heterocycles. The molecule has 1 aliphatic carbocycles. The zero-order valence-corrected chi connectivity index (χ0v) is 15.0. The average molecular weight is 350 g/mol. The fraction of sp³-hybridized carbons (Fsp3) is 0.333. The van der Waals surface area contributed by atoms with E-state index >= 15 is 0 Å². The Morgan fingerprint density at radius 2 is 2.08 bits per heavy atom. The molecule has 0 saturated carbocycles. The van der Waals surface area contributed by atoms with Crippen LogP contribution in [0.4, 0.5) is 0 Å². The van der Waals surface area contributed by atoms with Crippen LogP contribution in [-0.4, -0.2) is 19.1 Å². The van der Waals surface area contributed by atoms with E-state index < -0.39 is 6.10 Å². The van der Waals surface area contributed by atoms with Gasteiger partial charge in [0.1, 0.15) is 0 Å². The van der Waals surface area contributed by atoms with E-state index in [4.69, 9.17) is 14.7 Å². The summed E-state index contributed by atoms with van der Waals surface area (Å²) in [5.74, 6) is 0.711.